The van der Waals surface area contributed by atoms with Crippen LogP contribution in [0.25, 0.3) is 0 Å². The van der Waals surface area contributed by atoms with Gasteiger partial charge in [0.25, 0.3) is 5.69 Å². The molecule has 2 N–H and O–H groups in total. The Labute approximate surface area is 118 Å². The number of H-pyrrole nitrogens is 1. The third-order valence-corrected chi connectivity index (χ3v) is 4.17. The number of hydrogen-bond donors (Lipinski definition) is 2. The molecule has 0 fully saturated rings. The molecule has 0 aliphatic carbocycles. The summed E-state index contributed by atoms with van der Waals surface area (Å²) < 4.78 is 39.6. The van der Waals surface area contributed by atoms with E-state index in [0.717, 1.165) is 12.1 Å². The van der Waals surface area contributed by atoms with E-state index in [0.29, 0.717) is 6.07 Å². The minimum absolute atomic E-state index is 0.239. The van der Waals surface area contributed by atoms with Crippen molar-refractivity contribution in [1.82, 2.24) is 19.9 Å². The average Bonchev–Trinajstić information content (AvgIpc) is 2.91. The first-order chi connectivity index (χ1) is 9.81. The Morgan fingerprint density at radius 1 is 1.48 bits per heavy atom. The van der Waals surface area contributed by atoms with Crippen molar-refractivity contribution in [2.75, 3.05) is 0 Å². The molecule has 0 amide bonds. The van der Waals surface area contributed by atoms with Gasteiger partial charge < -0.3 is 0 Å². The van der Waals surface area contributed by atoms with Gasteiger partial charge >= 0.3 is 0 Å². The minimum Gasteiger partial charge on any atom is -0.262 e. The molecule has 0 aliphatic rings. The number of nitrogens with one attached hydrogen (secondary N) is 2. The lowest BCUT2D eigenvalue weighted by Gasteiger charge is -2.11. The lowest BCUT2D eigenvalue weighted by molar-refractivity contribution is -0.388. The van der Waals surface area contributed by atoms with Crippen LogP contribution in [0.2, 0.25) is 0 Å². The Bertz CT molecular complexity index is 762. The van der Waals surface area contributed by atoms with E-state index in [4.69, 9.17) is 0 Å². The molecule has 0 radical (unpaired) electrons. The van der Waals surface area contributed by atoms with Crippen LogP contribution < -0.4 is 4.72 Å². The number of nitro benzene ring substituents is 1. The van der Waals surface area contributed by atoms with Crippen LogP contribution in [0.1, 0.15) is 18.8 Å². The molecule has 0 aliphatic heterocycles. The maximum Gasteiger partial charge on any atom is 0.292 e. The molecular formula is C10H10FN5O4S. The highest BCUT2D eigenvalue weighted by molar-refractivity contribution is 7.89. The first-order valence-corrected chi connectivity index (χ1v) is 7.11. The van der Waals surface area contributed by atoms with Crippen LogP contribution in [0.3, 0.4) is 0 Å². The first-order valence-electron chi connectivity index (χ1n) is 5.63. The molecule has 0 saturated heterocycles. The van der Waals surface area contributed by atoms with E-state index in [1.54, 1.807) is 0 Å². The largest absolute Gasteiger partial charge is 0.292 e. The summed E-state index contributed by atoms with van der Waals surface area (Å²) in [5, 5.41) is 16.9. The predicted octanol–water partition coefficient (Wildman–Crippen LogP) is 0.891. The van der Waals surface area contributed by atoms with Crippen LogP contribution in [0.15, 0.2) is 29.4 Å². The van der Waals surface area contributed by atoms with Gasteiger partial charge in [0.15, 0.2) is 4.90 Å². The van der Waals surface area contributed by atoms with Gasteiger partial charge in [-0.15, -0.1) is 0 Å². The van der Waals surface area contributed by atoms with Crippen molar-refractivity contribution in [3.8, 4) is 0 Å². The Hall–Kier alpha value is -2.40. The fraction of sp³-hybridized carbons (Fsp3) is 0.200. The molecule has 0 spiro atoms. The van der Waals surface area contributed by atoms with Gasteiger partial charge in [-0.25, -0.2) is 22.5 Å². The van der Waals surface area contributed by atoms with E-state index >= 15 is 0 Å². The zero-order chi connectivity index (χ0) is 15.6. The van der Waals surface area contributed by atoms with E-state index in [2.05, 4.69) is 19.9 Å². The smallest absolute Gasteiger partial charge is 0.262 e. The maximum atomic E-state index is 13.0. The number of hydrogen-bond acceptors (Lipinski definition) is 6. The normalized spacial score (nSPS) is 13.0. The number of nitrogens with zero attached hydrogens (tertiary/aromatic N) is 3. The van der Waals surface area contributed by atoms with Gasteiger partial charge in [-0.2, -0.15) is 5.10 Å². The van der Waals surface area contributed by atoms with Crippen molar-refractivity contribution in [2.45, 2.75) is 17.9 Å². The molecule has 112 valence electrons. The molecule has 21 heavy (non-hydrogen) atoms. The number of rotatable bonds is 5. The maximum absolute atomic E-state index is 13.0. The van der Waals surface area contributed by atoms with Gasteiger partial charge in [-0.05, 0) is 19.1 Å². The molecule has 9 nitrogen and oxygen atoms in total. The highest BCUT2D eigenvalue weighted by Gasteiger charge is 2.28. The minimum atomic E-state index is -4.22. The van der Waals surface area contributed by atoms with Crippen molar-refractivity contribution in [3.05, 3.63) is 46.3 Å². The zero-order valence-corrected chi connectivity index (χ0v) is 11.5. The number of aromatic amines is 1. The molecule has 1 unspecified atom stereocenters. The Morgan fingerprint density at radius 2 is 2.19 bits per heavy atom. The molecule has 2 aromatic rings. The number of benzene rings is 1. The van der Waals surface area contributed by atoms with Gasteiger partial charge in [-0.1, -0.05) is 0 Å². The number of halogens is 1. The summed E-state index contributed by atoms with van der Waals surface area (Å²) in [6, 6.07) is 1.43. The van der Waals surface area contributed by atoms with E-state index in [1.807, 2.05) is 0 Å². The van der Waals surface area contributed by atoms with Crippen molar-refractivity contribution in [1.29, 1.82) is 0 Å². The molecule has 1 atom stereocenters. The third kappa shape index (κ3) is 3.20. The third-order valence-electron chi connectivity index (χ3n) is 2.58. The lowest BCUT2D eigenvalue weighted by atomic mass is 10.3. The predicted molar refractivity (Wildman–Crippen MR) is 68.2 cm³/mol. The summed E-state index contributed by atoms with van der Waals surface area (Å²) in [6.07, 6.45) is 1.19. The van der Waals surface area contributed by atoms with Crippen molar-refractivity contribution in [3.63, 3.8) is 0 Å². The Kier molecular flexibility index (Phi) is 3.95. The zero-order valence-electron chi connectivity index (χ0n) is 10.6. The Balaban J connectivity index is 2.38. The number of aromatic nitrogens is 3. The summed E-state index contributed by atoms with van der Waals surface area (Å²) in [5.41, 5.74) is -0.840. The highest BCUT2D eigenvalue weighted by Crippen LogP contribution is 2.25. The number of sulfonamides is 1. The molecule has 1 heterocycles. The second-order valence-corrected chi connectivity index (χ2v) is 5.77. The van der Waals surface area contributed by atoms with Crippen molar-refractivity contribution < 1.29 is 17.7 Å². The first kappa shape index (κ1) is 15.0. The standard InChI is InChI=1S/C10H10FN5O4S/c1-6(10-12-5-13-14-10)15-21(19,20)9-3-2-7(11)4-8(9)16(17)18/h2-6,15H,1H3,(H,12,13,14). The summed E-state index contributed by atoms with van der Waals surface area (Å²) in [4.78, 5) is 13.0. The second kappa shape index (κ2) is 5.54. The van der Waals surface area contributed by atoms with Crippen LogP contribution in [0.5, 0.6) is 0 Å². The van der Waals surface area contributed by atoms with Crippen LogP contribution >= 0.6 is 0 Å². The molecular weight excluding hydrogens is 305 g/mol. The van der Waals surface area contributed by atoms with Gasteiger partial charge in [0.2, 0.25) is 10.0 Å². The van der Waals surface area contributed by atoms with E-state index < -0.39 is 37.4 Å². The van der Waals surface area contributed by atoms with Gasteiger partial charge in [0.1, 0.15) is 18.0 Å². The molecule has 1 aromatic carbocycles. The van der Waals surface area contributed by atoms with E-state index in [-0.39, 0.29) is 5.82 Å². The van der Waals surface area contributed by atoms with Crippen LogP contribution in [0.4, 0.5) is 10.1 Å². The average molecular weight is 315 g/mol. The molecule has 0 bridgehead atoms. The Morgan fingerprint density at radius 3 is 2.76 bits per heavy atom. The van der Waals surface area contributed by atoms with Crippen molar-refractivity contribution in [2.24, 2.45) is 0 Å². The summed E-state index contributed by atoms with van der Waals surface area (Å²) >= 11 is 0. The summed E-state index contributed by atoms with van der Waals surface area (Å²) in [7, 11) is -4.22. The highest BCUT2D eigenvalue weighted by atomic mass is 32.2. The van der Waals surface area contributed by atoms with Crippen molar-refractivity contribution >= 4 is 15.7 Å². The molecule has 0 saturated carbocycles. The van der Waals surface area contributed by atoms with Crippen LogP contribution in [-0.4, -0.2) is 28.5 Å². The topological polar surface area (TPSA) is 131 Å². The summed E-state index contributed by atoms with van der Waals surface area (Å²) in [6.45, 7) is 1.48. The van der Waals surface area contributed by atoms with Gasteiger partial charge in [0, 0.05) is 0 Å². The molecule has 11 heteroatoms. The quantitative estimate of drug-likeness (QED) is 0.622. The molecule has 1 aromatic heterocycles. The summed E-state index contributed by atoms with van der Waals surface area (Å²) in [5.74, 6) is -0.660. The SMILES string of the molecule is CC(NS(=O)(=O)c1ccc(F)cc1[N+](=O)[O-])c1ncn[nH]1. The monoisotopic (exact) mass is 315 g/mol. The van der Waals surface area contributed by atoms with Crippen LogP contribution in [0, 0.1) is 15.9 Å². The fourth-order valence-corrected chi connectivity index (χ4v) is 3.00. The van der Waals surface area contributed by atoms with E-state index in [1.165, 1.54) is 13.3 Å². The lowest BCUT2D eigenvalue weighted by Crippen LogP contribution is -2.28. The number of nitro groups is 1. The van der Waals surface area contributed by atoms with E-state index in [9.17, 15) is 22.9 Å². The second-order valence-electron chi connectivity index (χ2n) is 4.08. The van der Waals surface area contributed by atoms with Gasteiger partial charge in [0.05, 0.1) is 17.0 Å². The molecule has 2 rings (SSSR count). The fourth-order valence-electron chi connectivity index (χ4n) is 1.64. The van der Waals surface area contributed by atoms with Crippen LogP contribution in [-0.2, 0) is 10.0 Å². The van der Waals surface area contributed by atoms with Gasteiger partial charge in [-0.3, -0.25) is 15.2 Å².